The molecule has 1 atom stereocenters. The summed E-state index contributed by atoms with van der Waals surface area (Å²) in [4.78, 5) is 18.0. The standard InChI is InChI=1S/C28H19NO/c1-18-10-12-20(13-11-18)27-23-15-14-19-6-2-3-7-21(19)26(23)28(29-27)17-16-25(30)22-8-4-5-9-24(22)28/h2-17H,1H3/t28-/m0/s1. The summed E-state index contributed by atoms with van der Waals surface area (Å²) in [5.41, 5.74) is 6.57. The lowest BCUT2D eigenvalue weighted by Crippen LogP contribution is -2.27. The highest BCUT2D eigenvalue weighted by Gasteiger charge is 2.44. The molecule has 0 radical (unpaired) electrons. The van der Waals surface area contributed by atoms with Crippen LogP contribution < -0.4 is 0 Å². The number of hydrogen-bond acceptors (Lipinski definition) is 2. The molecule has 1 aliphatic heterocycles. The normalized spacial score (nSPS) is 19.1. The molecule has 1 heterocycles. The van der Waals surface area contributed by atoms with E-state index < -0.39 is 5.54 Å². The molecule has 0 saturated carbocycles. The average Bonchev–Trinajstić information content (AvgIpc) is 3.13. The van der Waals surface area contributed by atoms with E-state index in [-0.39, 0.29) is 5.78 Å². The molecule has 0 aromatic heterocycles. The Hall–Kier alpha value is -3.78. The van der Waals surface area contributed by atoms with E-state index in [0.717, 1.165) is 33.5 Å². The van der Waals surface area contributed by atoms with Crippen molar-refractivity contribution in [3.63, 3.8) is 0 Å². The molecule has 2 heteroatoms. The highest BCUT2D eigenvalue weighted by Crippen LogP contribution is 2.49. The molecule has 0 amide bonds. The first-order valence-electron chi connectivity index (χ1n) is 10.2. The molecule has 0 fully saturated rings. The van der Waals surface area contributed by atoms with Gasteiger partial charge in [-0.1, -0.05) is 90.5 Å². The van der Waals surface area contributed by atoms with Crippen molar-refractivity contribution in [3.8, 4) is 0 Å². The minimum atomic E-state index is -0.694. The molecule has 2 aliphatic rings. The quantitative estimate of drug-likeness (QED) is 0.395. The molecule has 1 aliphatic carbocycles. The third-order valence-electron chi connectivity index (χ3n) is 6.26. The summed E-state index contributed by atoms with van der Waals surface area (Å²) in [6, 6.07) is 29.2. The second-order valence-corrected chi connectivity index (χ2v) is 8.05. The minimum absolute atomic E-state index is 0.0389. The number of carbonyl (C=O) groups excluding carboxylic acids is 1. The summed E-state index contributed by atoms with van der Waals surface area (Å²) in [5.74, 6) is 0.0389. The van der Waals surface area contributed by atoms with Gasteiger partial charge in [0.05, 0.1) is 5.71 Å². The number of hydrogen-bond donors (Lipinski definition) is 0. The molecular formula is C28H19NO. The Morgan fingerprint density at radius 3 is 2.40 bits per heavy atom. The fourth-order valence-corrected chi connectivity index (χ4v) is 4.83. The van der Waals surface area contributed by atoms with E-state index in [9.17, 15) is 4.79 Å². The van der Waals surface area contributed by atoms with Crippen molar-refractivity contribution < 1.29 is 4.79 Å². The third kappa shape index (κ3) is 2.25. The molecule has 0 saturated heterocycles. The number of carbonyl (C=O) groups is 1. The van der Waals surface area contributed by atoms with Crippen LogP contribution in [0.25, 0.3) is 10.8 Å². The van der Waals surface area contributed by atoms with Crippen LogP contribution >= 0.6 is 0 Å². The maximum atomic E-state index is 12.7. The number of aryl methyl sites for hydroxylation is 1. The van der Waals surface area contributed by atoms with Crippen molar-refractivity contribution in [2.45, 2.75) is 12.5 Å². The fraction of sp³-hybridized carbons (Fsp3) is 0.0714. The van der Waals surface area contributed by atoms with Crippen molar-refractivity contribution >= 4 is 22.3 Å². The van der Waals surface area contributed by atoms with Gasteiger partial charge in [-0.3, -0.25) is 9.79 Å². The number of allylic oxidation sites excluding steroid dienone is 1. The Balaban J connectivity index is 1.75. The van der Waals surface area contributed by atoms with Crippen molar-refractivity contribution in [3.05, 3.63) is 130 Å². The molecule has 0 bridgehead atoms. The average molecular weight is 385 g/mol. The predicted octanol–water partition coefficient (Wildman–Crippen LogP) is 6.00. The smallest absolute Gasteiger partial charge is 0.186 e. The lowest BCUT2D eigenvalue weighted by molar-refractivity contribution is 0.104. The van der Waals surface area contributed by atoms with Gasteiger partial charge < -0.3 is 0 Å². The lowest BCUT2D eigenvalue weighted by Gasteiger charge is -2.30. The first-order chi connectivity index (χ1) is 14.7. The van der Waals surface area contributed by atoms with E-state index in [2.05, 4.69) is 67.6 Å². The van der Waals surface area contributed by atoms with Crippen molar-refractivity contribution in [1.29, 1.82) is 0 Å². The van der Waals surface area contributed by atoms with Crippen LogP contribution in [0, 0.1) is 6.92 Å². The second kappa shape index (κ2) is 6.11. The van der Waals surface area contributed by atoms with E-state index in [1.165, 1.54) is 16.3 Å². The van der Waals surface area contributed by atoms with Gasteiger partial charge in [-0.15, -0.1) is 0 Å². The summed E-state index contributed by atoms with van der Waals surface area (Å²) in [7, 11) is 0. The fourth-order valence-electron chi connectivity index (χ4n) is 4.83. The molecule has 142 valence electrons. The number of aliphatic imine (C=N–C) groups is 1. The zero-order valence-corrected chi connectivity index (χ0v) is 16.6. The van der Waals surface area contributed by atoms with Crippen LogP contribution in [0.2, 0.25) is 0 Å². The summed E-state index contributed by atoms with van der Waals surface area (Å²) in [5, 5.41) is 2.36. The summed E-state index contributed by atoms with van der Waals surface area (Å²) in [6.45, 7) is 2.09. The molecule has 0 unspecified atom stereocenters. The zero-order valence-electron chi connectivity index (χ0n) is 16.6. The second-order valence-electron chi connectivity index (χ2n) is 8.05. The van der Waals surface area contributed by atoms with Crippen LogP contribution in [0.15, 0.2) is 102 Å². The minimum Gasteiger partial charge on any atom is -0.289 e. The third-order valence-corrected chi connectivity index (χ3v) is 6.26. The maximum Gasteiger partial charge on any atom is 0.186 e. The van der Waals surface area contributed by atoms with E-state index in [1.54, 1.807) is 6.08 Å². The summed E-state index contributed by atoms with van der Waals surface area (Å²) < 4.78 is 0. The first kappa shape index (κ1) is 17.1. The molecule has 1 spiro atoms. The van der Waals surface area contributed by atoms with Crippen molar-refractivity contribution in [2.75, 3.05) is 0 Å². The molecule has 6 rings (SSSR count). The topological polar surface area (TPSA) is 29.4 Å². The molecule has 4 aromatic rings. The van der Waals surface area contributed by atoms with Crippen LogP contribution in [0.4, 0.5) is 0 Å². The van der Waals surface area contributed by atoms with Gasteiger partial charge in [0.1, 0.15) is 5.54 Å². The van der Waals surface area contributed by atoms with Crippen LogP contribution in [0.5, 0.6) is 0 Å². The van der Waals surface area contributed by atoms with Crippen molar-refractivity contribution in [2.24, 2.45) is 4.99 Å². The summed E-state index contributed by atoms with van der Waals surface area (Å²) in [6.07, 6.45) is 3.68. The van der Waals surface area contributed by atoms with Crippen LogP contribution in [0.1, 0.15) is 38.2 Å². The first-order valence-corrected chi connectivity index (χ1v) is 10.2. The van der Waals surface area contributed by atoms with Gasteiger partial charge in [-0.2, -0.15) is 0 Å². The van der Waals surface area contributed by atoms with Gasteiger partial charge in [-0.05, 0) is 35.4 Å². The lowest BCUT2D eigenvalue weighted by atomic mass is 9.75. The Bertz CT molecular complexity index is 1410. The van der Waals surface area contributed by atoms with Crippen LogP contribution in [-0.4, -0.2) is 11.5 Å². The number of rotatable bonds is 1. The SMILES string of the molecule is Cc1ccc(C2=N[C@]3(C=CC(=O)c4ccccc43)c3c2ccc2ccccc32)cc1. The van der Waals surface area contributed by atoms with E-state index >= 15 is 0 Å². The number of ketones is 1. The summed E-state index contributed by atoms with van der Waals surface area (Å²) >= 11 is 0. The van der Waals surface area contributed by atoms with Gasteiger partial charge in [0.25, 0.3) is 0 Å². The number of nitrogens with zero attached hydrogens (tertiary/aromatic N) is 1. The largest absolute Gasteiger partial charge is 0.289 e. The molecule has 30 heavy (non-hydrogen) atoms. The number of fused-ring (bicyclic) bond motifs is 6. The van der Waals surface area contributed by atoms with Gasteiger partial charge in [0, 0.05) is 22.3 Å². The molecule has 2 nitrogen and oxygen atoms in total. The Kier molecular flexibility index (Phi) is 3.48. The predicted molar refractivity (Wildman–Crippen MR) is 121 cm³/mol. The van der Waals surface area contributed by atoms with Crippen LogP contribution in [0.3, 0.4) is 0 Å². The van der Waals surface area contributed by atoms with Gasteiger partial charge in [0.2, 0.25) is 0 Å². The molecular weight excluding hydrogens is 366 g/mol. The monoisotopic (exact) mass is 385 g/mol. The van der Waals surface area contributed by atoms with Gasteiger partial charge in [-0.25, -0.2) is 0 Å². The Morgan fingerprint density at radius 1 is 0.767 bits per heavy atom. The highest BCUT2D eigenvalue weighted by atomic mass is 16.1. The highest BCUT2D eigenvalue weighted by molar-refractivity contribution is 6.20. The van der Waals surface area contributed by atoms with Crippen LogP contribution in [-0.2, 0) is 5.54 Å². The van der Waals surface area contributed by atoms with Gasteiger partial charge >= 0.3 is 0 Å². The van der Waals surface area contributed by atoms with E-state index in [0.29, 0.717) is 0 Å². The Morgan fingerprint density at radius 2 is 1.53 bits per heavy atom. The maximum absolute atomic E-state index is 12.7. The van der Waals surface area contributed by atoms with E-state index in [1.807, 2.05) is 30.3 Å². The number of benzene rings is 4. The Labute approximate surface area is 175 Å². The van der Waals surface area contributed by atoms with E-state index in [4.69, 9.17) is 4.99 Å². The zero-order chi connectivity index (χ0) is 20.3. The molecule has 4 aromatic carbocycles. The molecule has 0 N–H and O–H groups in total. The van der Waals surface area contributed by atoms with Crippen molar-refractivity contribution in [1.82, 2.24) is 0 Å². The van der Waals surface area contributed by atoms with Gasteiger partial charge in [0.15, 0.2) is 5.78 Å².